The smallest absolute Gasteiger partial charge is 0.126 e. The van der Waals surface area contributed by atoms with Gasteiger partial charge < -0.3 is 15.9 Å². The van der Waals surface area contributed by atoms with E-state index in [0.29, 0.717) is 0 Å². The molecule has 0 saturated carbocycles. The summed E-state index contributed by atoms with van der Waals surface area (Å²) in [5, 5.41) is 18.9. The van der Waals surface area contributed by atoms with Crippen molar-refractivity contribution in [3.8, 4) is 11.5 Å². The maximum absolute atomic E-state index is 9.69. The van der Waals surface area contributed by atoms with Gasteiger partial charge >= 0.3 is 0 Å². The Bertz CT molecular complexity index is 399. The van der Waals surface area contributed by atoms with E-state index in [1.54, 1.807) is 12.1 Å². The fraction of sp³-hybridized carbons (Fsp3) is 0.333. The quantitative estimate of drug-likeness (QED) is 0.656. The predicted molar refractivity (Wildman–Crippen MR) is 59.6 cm³/mol. The standard InChI is InChI=1S/C12H15NO2/c13-9-3-1-2-8(6-9)11-5-4-10(14)7-12(11)15/h4-7,9,14-15H,1-3,13H2. The lowest BCUT2D eigenvalue weighted by molar-refractivity contribution is 0.449. The van der Waals surface area contributed by atoms with Crippen LogP contribution in [0.5, 0.6) is 11.5 Å². The normalized spacial score (nSPS) is 21.1. The lowest BCUT2D eigenvalue weighted by atomic mass is 9.91. The SMILES string of the molecule is NC1C=C(c2ccc(O)cc2O)CCC1. The minimum atomic E-state index is 0.0805. The first-order chi connectivity index (χ1) is 7.16. The van der Waals surface area contributed by atoms with Crippen LogP contribution >= 0.6 is 0 Å². The van der Waals surface area contributed by atoms with Gasteiger partial charge in [-0.25, -0.2) is 0 Å². The number of allylic oxidation sites excluding steroid dienone is 1. The zero-order valence-corrected chi connectivity index (χ0v) is 8.48. The first-order valence-corrected chi connectivity index (χ1v) is 5.15. The van der Waals surface area contributed by atoms with Crippen molar-refractivity contribution in [2.75, 3.05) is 0 Å². The monoisotopic (exact) mass is 205 g/mol. The van der Waals surface area contributed by atoms with E-state index >= 15 is 0 Å². The minimum absolute atomic E-state index is 0.0805. The summed E-state index contributed by atoms with van der Waals surface area (Å²) in [4.78, 5) is 0. The molecule has 0 aliphatic heterocycles. The number of phenolic OH excluding ortho intramolecular Hbond substituents is 2. The molecule has 0 fully saturated rings. The molecule has 15 heavy (non-hydrogen) atoms. The van der Waals surface area contributed by atoms with Crippen molar-refractivity contribution >= 4 is 5.57 Å². The number of benzene rings is 1. The molecule has 1 aromatic rings. The van der Waals surface area contributed by atoms with Crippen molar-refractivity contribution in [3.63, 3.8) is 0 Å². The van der Waals surface area contributed by atoms with Crippen LogP contribution in [0, 0.1) is 0 Å². The van der Waals surface area contributed by atoms with Crippen LogP contribution in [0.15, 0.2) is 24.3 Å². The Labute approximate surface area is 88.9 Å². The highest BCUT2D eigenvalue weighted by Crippen LogP contribution is 2.33. The minimum Gasteiger partial charge on any atom is -0.508 e. The fourth-order valence-electron chi connectivity index (χ4n) is 1.97. The molecule has 80 valence electrons. The Kier molecular flexibility index (Phi) is 2.64. The molecule has 0 amide bonds. The fourth-order valence-corrected chi connectivity index (χ4v) is 1.97. The first-order valence-electron chi connectivity index (χ1n) is 5.15. The summed E-state index contributed by atoms with van der Waals surface area (Å²) in [6.07, 6.45) is 4.98. The second kappa shape index (κ2) is 3.95. The maximum Gasteiger partial charge on any atom is 0.126 e. The Hall–Kier alpha value is -1.48. The predicted octanol–water partition coefficient (Wildman–Crippen LogP) is 1.99. The van der Waals surface area contributed by atoms with Gasteiger partial charge in [-0.3, -0.25) is 0 Å². The van der Waals surface area contributed by atoms with E-state index in [-0.39, 0.29) is 17.5 Å². The van der Waals surface area contributed by atoms with Crippen molar-refractivity contribution in [1.82, 2.24) is 0 Å². The number of nitrogens with two attached hydrogens (primary N) is 1. The van der Waals surface area contributed by atoms with Crippen LogP contribution in [0.2, 0.25) is 0 Å². The van der Waals surface area contributed by atoms with Gasteiger partial charge in [0.15, 0.2) is 0 Å². The van der Waals surface area contributed by atoms with E-state index in [4.69, 9.17) is 5.73 Å². The number of rotatable bonds is 1. The molecule has 1 aliphatic carbocycles. The molecule has 1 atom stereocenters. The second-order valence-electron chi connectivity index (χ2n) is 3.95. The first kappa shape index (κ1) is 10.1. The molecule has 0 spiro atoms. The van der Waals surface area contributed by atoms with Crippen molar-refractivity contribution in [2.45, 2.75) is 25.3 Å². The summed E-state index contributed by atoms with van der Waals surface area (Å²) in [5.74, 6) is 0.201. The van der Waals surface area contributed by atoms with Crippen LogP contribution in [0.1, 0.15) is 24.8 Å². The van der Waals surface area contributed by atoms with E-state index < -0.39 is 0 Å². The molecule has 0 aromatic heterocycles. The van der Waals surface area contributed by atoms with Crippen LogP contribution in [-0.4, -0.2) is 16.3 Å². The lowest BCUT2D eigenvalue weighted by Gasteiger charge is -2.18. The number of hydrogen-bond acceptors (Lipinski definition) is 3. The molecule has 3 nitrogen and oxygen atoms in total. The van der Waals surface area contributed by atoms with Gasteiger partial charge in [0.05, 0.1) is 0 Å². The summed E-state index contributed by atoms with van der Waals surface area (Å²) in [6, 6.07) is 4.75. The summed E-state index contributed by atoms with van der Waals surface area (Å²) < 4.78 is 0. The topological polar surface area (TPSA) is 66.5 Å². The van der Waals surface area contributed by atoms with Crippen molar-refractivity contribution in [2.24, 2.45) is 5.73 Å². The lowest BCUT2D eigenvalue weighted by Crippen LogP contribution is -2.19. The van der Waals surface area contributed by atoms with Crippen molar-refractivity contribution in [1.29, 1.82) is 0 Å². The van der Waals surface area contributed by atoms with Crippen LogP contribution in [0.25, 0.3) is 5.57 Å². The zero-order valence-electron chi connectivity index (χ0n) is 8.48. The van der Waals surface area contributed by atoms with E-state index in [2.05, 4.69) is 0 Å². The van der Waals surface area contributed by atoms with Gasteiger partial charge in [0, 0.05) is 17.7 Å². The zero-order chi connectivity index (χ0) is 10.8. The van der Waals surface area contributed by atoms with Gasteiger partial charge in [-0.2, -0.15) is 0 Å². The average Bonchev–Trinajstić information content (AvgIpc) is 2.17. The van der Waals surface area contributed by atoms with E-state index in [0.717, 1.165) is 30.4 Å². The highest BCUT2D eigenvalue weighted by atomic mass is 16.3. The van der Waals surface area contributed by atoms with Crippen molar-refractivity contribution < 1.29 is 10.2 Å². The van der Waals surface area contributed by atoms with Gasteiger partial charge in [0.25, 0.3) is 0 Å². The average molecular weight is 205 g/mol. The summed E-state index contributed by atoms with van der Waals surface area (Å²) in [6.45, 7) is 0. The van der Waals surface area contributed by atoms with Gasteiger partial charge in [0.1, 0.15) is 11.5 Å². The third-order valence-corrected chi connectivity index (χ3v) is 2.73. The Morgan fingerprint density at radius 1 is 1.27 bits per heavy atom. The molecule has 1 unspecified atom stereocenters. The molecule has 4 N–H and O–H groups in total. The summed E-state index contributed by atoms with van der Waals surface area (Å²) >= 11 is 0. The van der Waals surface area contributed by atoms with Crippen LogP contribution in [0.3, 0.4) is 0 Å². The highest BCUT2D eigenvalue weighted by molar-refractivity contribution is 5.72. The number of aromatic hydroxyl groups is 2. The molecule has 0 saturated heterocycles. The molecule has 1 aliphatic rings. The summed E-state index contributed by atoms with van der Waals surface area (Å²) in [7, 11) is 0. The number of phenols is 2. The Morgan fingerprint density at radius 2 is 2.07 bits per heavy atom. The third-order valence-electron chi connectivity index (χ3n) is 2.73. The molecular weight excluding hydrogens is 190 g/mol. The molecule has 2 rings (SSSR count). The Morgan fingerprint density at radius 3 is 2.73 bits per heavy atom. The molecule has 0 bridgehead atoms. The van der Waals surface area contributed by atoms with Crippen LogP contribution in [-0.2, 0) is 0 Å². The van der Waals surface area contributed by atoms with Gasteiger partial charge in [-0.15, -0.1) is 0 Å². The Balaban J connectivity index is 2.37. The molecule has 0 radical (unpaired) electrons. The largest absolute Gasteiger partial charge is 0.508 e. The molecular formula is C12H15NO2. The molecule has 0 heterocycles. The van der Waals surface area contributed by atoms with E-state index in [1.807, 2.05) is 6.08 Å². The third kappa shape index (κ3) is 2.13. The van der Waals surface area contributed by atoms with Crippen LogP contribution < -0.4 is 5.73 Å². The summed E-state index contributed by atoms with van der Waals surface area (Å²) in [5.41, 5.74) is 7.69. The van der Waals surface area contributed by atoms with Crippen molar-refractivity contribution in [3.05, 3.63) is 29.8 Å². The molecule has 3 heteroatoms. The van der Waals surface area contributed by atoms with Gasteiger partial charge in [-0.1, -0.05) is 6.08 Å². The van der Waals surface area contributed by atoms with Gasteiger partial charge in [-0.05, 0) is 37.0 Å². The highest BCUT2D eigenvalue weighted by Gasteiger charge is 2.14. The maximum atomic E-state index is 9.69. The van der Waals surface area contributed by atoms with Gasteiger partial charge in [0.2, 0.25) is 0 Å². The van der Waals surface area contributed by atoms with E-state index in [9.17, 15) is 10.2 Å². The van der Waals surface area contributed by atoms with Crippen LogP contribution in [0.4, 0.5) is 0 Å². The number of hydrogen-bond donors (Lipinski definition) is 3. The second-order valence-corrected chi connectivity index (χ2v) is 3.95. The molecule has 1 aromatic carbocycles. The van der Waals surface area contributed by atoms with E-state index in [1.165, 1.54) is 6.07 Å².